The Labute approximate surface area is 76.8 Å². The van der Waals surface area contributed by atoms with Crippen LogP contribution in [0.3, 0.4) is 0 Å². The van der Waals surface area contributed by atoms with Crippen LogP contribution in [-0.2, 0) is 14.2 Å². The number of hydrogen-bond donors (Lipinski definition) is 2. The average molecular weight is 189 g/mol. The van der Waals surface area contributed by atoms with Gasteiger partial charge < -0.3 is 25.1 Å². The van der Waals surface area contributed by atoms with Crippen LogP contribution >= 0.6 is 0 Å². The molecule has 13 heavy (non-hydrogen) atoms. The SMILES string of the molecule is COC1C[C@@H]2OCC(O)C(N)C2O1. The van der Waals surface area contributed by atoms with Crippen LogP contribution in [0.25, 0.3) is 0 Å². The van der Waals surface area contributed by atoms with E-state index in [4.69, 9.17) is 19.9 Å². The number of aliphatic hydroxyl groups is 1. The first-order valence-electron chi connectivity index (χ1n) is 4.46. The highest BCUT2D eigenvalue weighted by atomic mass is 16.7. The van der Waals surface area contributed by atoms with Gasteiger partial charge in [0, 0.05) is 13.5 Å². The molecule has 0 aromatic heterocycles. The zero-order chi connectivity index (χ0) is 9.42. The molecule has 4 unspecified atom stereocenters. The van der Waals surface area contributed by atoms with Crippen LogP contribution in [0.2, 0.25) is 0 Å². The maximum atomic E-state index is 9.41. The summed E-state index contributed by atoms with van der Waals surface area (Å²) in [7, 11) is 1.59. The van der Waals surface area contributed by atoms with Gasteiger partial charge in [0.05, 0.1) is 24.9 Å². The summed E-state index contributed by atoms with van der Waals surface area (Å²) in [5, 5.41) is 9.41. The Bertz CT molecular complexity index is 189. The first-order valence-corrected chi connectivity index (χ1v) is 4.46. The molecule has 0 aromatic rings. The van der Waals surface area contributed by atoms with Crippen molar-refractivity contribution >= 4 is 0 Å². The van der Waals surface area contributed by atoms with E-state index >= 15 is 0 Å². The van der Waals surface area contributed by atoms with Crippen molar-refractivity contribution < 1.29 is 19.3 Å². The minimum Gasteiger partial charge on any atom is -0.389 e. The molecule has 0 radical (unpaired) electrons. The fraction of sp³-hybridized carbons (Fsp3) is 1.00. The molecule has 2 aliphatic rings. The molecular weight excluding hydrogens is 174 g/mol. The highest BCUT2D eigenvalue weighted by Gasteiger charge is 2.45. The Hall–Kier alpha value is -0.200. The summed E-state index contributed by atoms with van der Waals surface area (Å²) in [6.07, 6.45) is -0.429. The van der Waals surface area contributed by atoms with Gasteiger partial charge in [-0.3, -0.25) is 0 Å². The molecule has 0 aliphatic carbocycles. The van der Waals surface area contributed by atoms with Gasteiger partial charge in [0.25, 0.3) is 0 Å². The lowest BCUT2D eigenvalue weighted by Gasteiger charge is -2.33. The molecule has 76 valence electrons. The lowest BCUT2D eigenvalue weighted by atomic mass is 9.98. The summed E-state index contributed by atoms with van der Waals surface area (Å²) in [6.45, 7) is 0.294. The van der Waals surface area contributed by atoms with E-state index < -0.39 is 6.10 Å². The van der Waals surface area contributed by atoms with Crippen LogP contribution < -0.4 is 5.73 Å². The molecule has 0 spiro atoms. The summed E-state index contributed by atoms with van der Waals surface area (Å²) >= 11 is 0. The van der Waals surface area contributed by atoms with E-state index in [1.54, 1.807) is 7.11 Å². The van der Waals surface area contributed by atoms with Gasteiger partial charge in [-0.05, 0) is 0 Å². The molecule has 3 N–H and O–H groups in total. The maximum Gasteiger partial charge on any atom is 0.160 e. The molecular formula is C8H15NO4. The van der Waals surface area contributed by atoms with E-state index in [1.165, 1.54) is 0 Å². The van der Waals surface area contributed by atoms with Crippen LogP contribution in [0, 0.1) is 0 Å². The highest BCUT2D eigenvalue weighted by Crippen LogP contribution is 2.29. The largest absolute Gasteiger partial charge is 0.389 e. The third-order valence-corrected chi connectivity index (χ3v) is 2.67. The van der Waals surface area contributed by atoms with Crippen molar-refractivity contribution in [2.24, 2.45) is 5.73 Å². The van der Waals surface area contributed by atoms with Crippen molar-refractivity contribution in [1.82, 2.24) is 0 Å². The second-order valence-corrected chi connectivity index (χ2v) is 3.52. The molecule has 0 amide bonds. The van der Waals surface area contributed by atoms with Gasteiger partial charge in [0.1, 0.15) is 6.10 Å². The summed E-state index contributed by atoms with van der Waals surface area (Å²) in [5.74, 6) is 0. The minimum absolute atomic E-state index is 0.0247. The predicted octanol–water partition coefficient (Wildman–Crippen LogP) is -1.17. The molecule has 0 bridgehead atoms. The third kappa shape index (κ3) is 1.58. The Morgan fingerprint density at radius 1 is 1.54 bits per heavy atom. The summed E-state index contributed by atoms with van der Waals surface area (Å²) in [6, 6.07) is -0.362. The van der Waals surface area contributed by atoms with Crippen LogP contribution in [-0.4, -0.2) is 49.5 Å². The number of hydrogen-bond acceptors (Lipinski definition) is 5. The Morgan fingerprint density at radius 2 is 2.31 bits per heavy atom. The fourth-order valence-corrected chi connectivity index (χ4v) is 1.85. The zero-order valence-electron chi connectivity index (χ0n) is 7.55. The molecule has 2 fully saturated rings. The van der Waals surface area contributed by atoms with E-state index in [0.717, 1.165) is 0 Å². The van der Waals surface area contributed by atoms with Crippen molar-refractivity contribution in [3.8, 4) is 0 Å². The van der Waals surface area contributed by atoms with E-state index in [0.29, 0.717) is 13.0 Å². The highest BCUT2D eigenvalue weighted by molar-refractivity contribution is 4.94. The number of aliphatic hydroxyl groups excluding tert-OH is 1. The van der Waals surface area contributed by atoms with Gasteiger partial charge in [-0.2, -0.15) is 0 Å². The molecule has 5 heteroatoms. The van der Waals surface area contributed by atoms with Crippen molar-refractivity contribution in [1.29, 1.82) is 0 Å². The zero-order valence-corrected chi connectivity index (χ0v) is 7.55. The second-order valence-electron chi connectivity index (χ2n) is 3.52. The first-order chi connectivity index (χ1) is 6.22. The number of rotatable bonds is 1. The monoisotopic (exact) mass is 189 g/mol. The van der Waals surface area contributed by atoms with Crippen LogP contribution in [0.4, 0.5) is 0 Å². The van der Waals surface area contributed by atoms with Gasteiger partial charge in [-0.15, -0.1) is 0 Å². The van der Waals surface area contributed by atoms with Crippen molar-refractivity contribution in [3.05, 3.63) is 0 Å². The van der Waals surface area contributed by atoms with Gasteiger partial charge in [0.2, 0.25) is 0 Å². The van der Waals surface area contributed by atoms with Gasteiger partial charge in [0.15, 0.2) is 6.29 Å². The standard InChI is InChI=1S/C8H15NO4/c1-11-6-2-5-8(13-6)7(9)4(10)3-12-5/h4-8,10H,2-3,9H2,1H3/t4?,5-,6?,7?,8?/m0/s1. The summed E-state index contributed by atoms with van der Waals surface area (Å²) < 4.78 is 15.9. The lowest BCUT2D eigenvalue weighted by molar-refractivity contribution is -0.155. The molecule has 2 rings (SSSR count). The quantitative estimate of drug-likeness (QED) is 0.544. The number of ether oxygens (including phenoxy) is 3. The summed E-state index contributed by atoms with van der Waals surface area (Å²) in [5.41, 5.74) is 5.77. The molecule has 5 atom stereocenters. The smallest absolute Gasteiger partial charge is 0.160 e. The van der Waals surface area contributed by atoms with E-state index in [-0.39, 0.29) is 24.5 Å². The normalized spacial score (nSPS) is 50.5. The summed E-state index contributed by atoms with van der Waals surface area (Å²) in [4.78, 5) is 0. The molecule has 5 nitrogen and oxygen atoms in total. The van der Waals surface area contributed by atoms with Crippen molar-refractivity contribution in [2.75, 3.05) is 13.7 Å². The number of fused-ring (bicyclic) bond motifs is 1. The molecule has 0 aromatic carbocycles. The minimum atomic E-state index is -0.628. The Kier molecular flexibility index (Phi) is 2.53. The molecule has 2 aliphatic heterocycles. The molecule has 0 saturated carbocycles. The number of methoxy groups -OCH3 is 1. The van der Waals surface area contributed by atoms with E-state index in [1.807, 2.05) is 0 Å². The predicted molar refractivity (Wildman–Crippen MR) is 44.0 cm³/mol. The third-order valence-electron chi connectivity index (χ3n) is 2.67. The number of nitrogens with two attached hydrogens (primary N) is 1. The second kappa shape index (κ2) is 3.51. The Balaban J connectivity index is 2.02. The van der Waals surface area contributed by atoms with Crippen LogP contribution in [0.1, 0.15) is 6.42 Å². The van der Waals surface area contributed by atoms with Crippen LogP contribution in [0.5, 0.6) is 0 Å². The Morgan fingerprint density at radius 3 is 3.00 bits per heavy atom. The molecule has 2 saturated heterocycles. The van der Waals surface area contributed by atoms with Gasteiger partial charge in [-0.25, -0.2) is 0 Å². The van der Waals surface area contributed by atoms with Gasteiger partial charge in [-0.1, -0.05) is 0 Å². The molecule has 2 heterocycles. The maximum absolute atomic E-state index is 9.41. The average Bonchev–Trinajstić information content (AvgIpc) is 2.55. The van der Waals surface area contributed by atoms with Crippen LogP contribution in [0.15, 0.2) is 0 Å². The van der Waals surface area contributed by atoms with E-state index in [2.05, 4.69) is 0 Å². The lowest BCUT2D eigenvalue weighted by Crippen LogP contribution is -2.55. The van der Waals surface area contributed by atoms with E-state index in [9.17, 15) is 5.11 Å². The first kappa shape index (κ1) is 9.36. The topological polar surface area (TPSA) is 73.9 Å². The van der Waals surface area contributed by atoms with Crippen molar-refractivity contribution in [2.45, 2.75) is 37.1 Å². The van der Waals surface area contributed by atoms with Crippen molar-refractivity contribution in [3.63, 3.8) is 0 Å². The fourth-order valence-electron chi connectivity index (χ4n) is 1.85. The van der Waals surface area contributed by atoms with Gasteiger partial charge >= 0.3 is 0 Å².